The molecule has 0 bridgehead atoms. The van der Waals surface area contributed by atoms with E-state index in [4.69, 9.17) is 0 Å². The average Bonchev–Trinajstić information content (AvgIpc) is 2.79. The van der Waals surface area contributed by atoms with Crippen LogP contribution in [0.15, 0.2) is 12.2 Å². The fraction of sp³-hybridized carbons (Fsp3) is 0.727. The van der Waals surface area contributed by atoms with Crippen LogP contribution >= 0.6 is 0 Å². The van der Waals surface area contributed by atoms with Crippen LogP contribution in [0.1, 0.15) is 34.1 Å². The first-order valence-electron chi connectivity index (χ1n) is 4.86. The lowest BCUT2D eigenvalue weighted by molar-refractivity contribution is -0.122. The van der Waals surface area contributed by atoms with E-state index in [2.05, 4.69) is 27.4 Å². The third kappa shape index (κ3) is 2.11. The Morgan fingerprint density at radius 3 is 2.38 bits per heavy atom. The SMILES string of the molecule is C=C(CC)C(=O)N1CC1C(C)(C)C. The number of hydrogen-bond donors (Lipinski definition) is 0. The fourth-order valence-corrected chi connectivity index (χ4v) is 1.46. The Bertz CT molecular complexity index is 237. The summed E-state index contributed by atoms with van der Waals surface area (Å²) in [7, 11) is 0. The summed E-state index contributed by atoms with van der Waals surface area (Å²) in [4.78, 5) is 13.5. The van der Waals surface area contributed by atoms with Crippen molar-refractivity contribution < 1.29 is 4.79 Å². The van der Waals surface area contributed by atoms with E-state index in [-0.39, 0.29) is 11.3 Å². The highest BCUT2D eigenvalue weighted by Gasteiger charge is 2.46. The number of rotatable bonds is 2. The summed E-state index contributed by atoms with van der Waals surface area (Å²) in [5.41, 5.74) is 0.940. The molecule has 0 N–H and O–H groups in total. The molecule has 0 aromatic carbocycles. The summed E-state index contributed by atoms with van der Waals surface area (Å²) in [6.07, 6.45) is 0.756. The van der Waals surface area contributed by atoms with Crippen molar-refractivity contribution in [2.75, 3.05) is 6.54 Å². The predicted octanol–water partition coefficient (Wildman–Crippen LogP) is 2.21. The molecule has 0 aromatic rings. The van der Waals surface area contributed by atoms with Crippen LogP contribution in [0.5, 0.6) is 0 Å². The molecule has 2 nitrogen and oxygen atoms in total. The van der Waals surface area contributed by atoms with E-state index >= 15 is 0 Å². The molecule has 2 heteroatoms. The van der Waals surface area contributed by atoms with Crippen molar-refractivity contribution >= 4 is 5.91 Å². The average molecular weight is 181 g/mol. The van der Waals surface area contributed by atoms with Crippen molar-refractivity contribution in [1.29, 1.82) is 0 Å². The molecule has 1 rings (SSSR count). The monoisotopic (exact) mass is 181 g/mol. The van der Waals surface area contributed by atoms with Gasteiger partial charge >= 0.3 is 0 Å². The van der Waals surface area contributed by atoms with Gasteiger partial charge in [-0.05, 0) is 11.8 Å². The summed E-state index contributed by atoms with van der Waals surface area (Å²) < 4.78 is 0. The van der Waals surface area contributed by atoms with Gasteiger partial charge in [-0.3, -0.25) is 4.79 Å². The van der Waals surface area contributed by atoms with Crippen LogP contribution in [0.2, 0.25) is 0 Å². The molecule has 13 heavy (non-hydrogen) atoms. The summed E-state index contributed by atoms with van der Waals surface area (Å²) >= 11 is 0. The third-order valence-electron chi connectivity index (χ3n) is 2.60. The molecule has 1 aliphatic rings. The molecular formula is C11H19NO. The molecule has 1 fully saturated rings. The first-order valence-corrected chi connectivity index (χ1v) is 4.86. The van der Waals surface area contributed by atoms with Crippen LogP contribution in [-0.4, -0.2) is 23.4 Å². The van der Waals surface area contributed by atoms with Crippen LogP contribution in [0.25, 0.3) is 0 Å². The minimum absolute atomic E-state index is 0.141. The van der Waals surface area contributed by atoms with Crippen molar-refractivity contribution in [3.63, 3.8) is 0 Å². The second-order valence-corrected chi connectivity index (χ2v) is 4.80. The highest BCUT2D eigenvalue weighted by molar-refractivity contribution is 5.94. The molecule has 0 spiro atoms. The van der Waals surface area contributed by atoms with Gasteiger partial charge < -0.3 is 4.90 Å². The second-order valence-electron chi connectivity index (χ2n) is 4.80. The number of carbonyl (C=O) groups is 1. The molecule has 1 amide bonds. The first-order chi connectivity index (χ1) is 5.88. The van der Waals surface area contributed by atoms with Gasteiger partial charge in [0.1, 0.15) is 0 Å². The molecule has 1 heterocycles. The van der Waals surface area contributed by atoms with Gasteiger partial charge in [-0.2, -0.15) is 0 Å². The van der Waals surface area contributed by atoms with Crippen molar-refractivity contribution in [1.82, 2.24) is 4.90 Å². The molecule has 1 aliphatic heterocycles. The molecule has 0 radical (unpaired) electrons. The molecule has 0 aromatic heterocycles. The largest absolute Gasteiger partial charge is 0.332 e. The van der Waals surface area contributed by atoms with Gasteiger partial charge in [0.2, 0.25) is 5.91 Å². The van der Waals surface area contributed by atoms with E-state index < -0.39 is 0 Å². The number of carbonyl (C=O) groups excluding carboxylic acids is 1. The van der Waals surface area contributed by atoms with Crippen molar-refractivity contribution in [3.05, 3.63) is 12.2 Å². The van der Waals surface area contributed by atoms with Gasteiger partial charge in [-0.25, -0.2) is 0 Å². The predicted molar refractivity (Wildman–Crippen MR) is 54.4 cm³/mol. The zero-order valence-corrected chi connectivity index (χ0v) is 9.05. The van der Waals surface area contributed by atoms with E-state index in [0.29, 0.717) is 6.04 Å². The maximum absolute atomic E-state index is 11.6. The zero-order chi connectivity index (χ0) is 10.2. The maximum atomic E-state index is 11.6. The van der Waals surface area contributed by atoms with E-state index in [1.807, 2.05) is 11.8 Å². The quantitative estimate of drug-likeness (QED) is 0.472. The Morgan fingerprint density at radius 1 is 1.54 bits per heavy atom. The topological polar surface area (TPSA) is 20.1 Å². The molecule has 1 unspecified atom stereocenters. The first kappa shape index (κ1) is 10.3. The standard InChI is InChI=1S/C11H19NO/c1-6-8(2)10(13)12-7-9(12)11(3,4)5/h9H,2,6-7H2,1,3-5H3. The van der Waals surface area contributed by atoms with Gasteiger partial charge in [0, 0.05) is 12.1 Å². The van der Waals surface area contributed by atoms with Crippen molar-refractivity contribution in [3.8, 4) is 0 Å². The van der Waals surface area contributed by atoms with Gasteiger partial charge in [0.15, 0.2) is 0 Å². The van der Waals surface area contributed by atoms with Crippen molar-refractivity contribution in [2.24, 2.45) is 5.41 Å². The lowest BCUT2D eigenvalue weighted by atomic mass is 9.92. The van der Waals surface area contributed by atoms with Crippen LogP contribution < -0.4 is 0 Å². The van der Waals surface area contributed by atoms with Gasteiger partial charge in [0.25, 0.3) is 0 Å². The Kier molecular flexibility index (Phi) is 2.51. The number of nitrogens with zero attached hydrogens (tertiary/aromatic N) is 1. The fourth-order valence-electron chi connectivity index (χ4n) is 1.46. The van der Waals surface area contributed by atoms with E-state index in [1.165, 1.54) is 0 Å². The molecule has 0 aliphatic carbocycles. The van der Waals surface area contributed by atoms with E-state index in [9.17, 15) is 4.79 Å². The van der Waals surface area contributed by atoms with Crippen LogP contribution in [0, 0.1) is 5.41 Å². The molecular weight excluding hydrogens is 162 g/mol. The summed E-state index contributed by atoms with van der Waals surface area (Å²) in [6, 6.07) is 0.420. The van der Waals surface area contributed by atoms with E-state index in [1.54, 1.807) is 0 Å². The molecule has 1 saturated heterocycles. The molecule has 0 saturated carbocycles. The lowest BCUT2D eigenvalue weighted by Gasteiger charge is -2.18. The third-order valence-corrected chi connectivity index (χ3v) is 2.60. The Labute approximate surface area is 80.6 Å². The minimum Gasteiger partial charge on any atom is -0.332 e. The summed E-state index contributed by atoms with van der Waals surface area (Å²) in [6.45, 7) is 13.1. The molecule has 1 atom stereocenters. The van der Waals surface area contributed by atoms with Crippen LogP contribution in [0.3, 0.4) is 0 Å². The van der Waals surface area contributed by atoms with Crippen LogP contribution in [-0.2, 0) is 4.79 Å². The minimum atomic E-state index is 0.141. The molecule has 74 valence electrons. The highest BCUT2D eigenvalue weighted by atomic mass is 16.2. The normalized spacial score (nSPS) is 21.5. The Morgan fingerprint density at radius 2 is 2.08 bits per heavy atom. The van der Waals surface area contributed by atoms with Crippen molar-refractivity contribution in [2.45, 2.75) is 40.2 Å². The maximum Gasteiger partial charge on any atom is 0.249 e. The summed E-state index contributed by atoms with van der Waals surface area (Å²) in [5, 5.41) is 0. The number of hydrogen-bond acceptors (Lipinski definition) is 1. The Hall–Kier alpha value is -0.790. The smallest absolute Gasteiger partial charge is 0.249 e. The van der Waals surface area contributed by atoms with Gasteiger partial charge in [-0.15, -0.1) is 0 Å². The van der Waals surface area contributed by atoms with E-state index in [0.717, 1.165) is 18.5 Å². The lowest BCUT2D eigenvalue weighted by Crippen LogP contribution is -2.23. The van der Waals surface area contributed by atoms with Gasteiger partial charge in [0.05, 0.1) is 6.04 Å². The van der Waals surface area contributed by atoms with Gasteiger partial charge in [-0.1, -0.05) is 34.3 Å². The highest BCUT2D eigenvalue weighted by Crippen LogP contribution is 2.35. The zero-order valence-electron chi connectivity index (χ0n) is 9.05. The van der Waals surface area contributed by atoms with Crippen LogP contribution in [0.4, 0.5) is 0 Å². The summed E-state index contributed by atoms with van der Waals surface area (Å²) in [5.74, 6) is 0.141. The second kappa shape index (κ2) is 3.17. The number of amides is 1. The Balaban J connectivity index is 2.52.